The topological polar surface area (TPSA) is 21.6 Å². The summed E-state index contributed by atoms with van der Waals surface area (Å²) >= 11 is 3.91. The van der Waals surface area contributed by atoms with E-state index in [9.17, 15) is 0 Å². The first-order valence-electron chi connectivity index (χ1n) is 8.33. The number of aryl methyl sites for hydroxylation is 1. The molecule has 2 rings (SSSR count). The summed E-state index contributed by atoms with van der Waals surface area (Å²) in [6.07, 6.45) is 8.47. The van der Waals surface area contributed by atoms with Gasteiger partial charge in [-0.25, -0.2) is 4.99 Å². The zero-order valence-corrected chi connectivity index (χ0v) is 18.1. The van der Waals surface area contributed by atoms with Gasteiger partial charge in [-0.1, -0.05) is 54.8 Å². The molecule has 1 aliphatic rings. The van der Waals surface area contributed by atoms with Gasteiger partial charge in [-0.3, -0.25) is 0 Å². The summed E-state index contributed by atoms with van der Waals surface area (Å²) in [7, 11) is 0. The number of alkyl halides is 1. The molecule has 1 heterocycles. The first-order chi connectivity index (χ1) is 11.1. The number of benzene rings is 1. The Morgan fingerprint density at radius 1 is 1.22 bits per heavy atom. The molecule has 0 spiro atoms. The van der Waals surface area contributed by atoms with Crippen LogP contribution in [0.5, 0.6) is 0 Å². The van der Waals surface area contributed by atoms with E-state index in [2.05, 4.69) is 67.8 Å². The van der Waals surface area contributed by atoms with E-state index in [1.807, 2.05) is 4.93 Å². The molecule has 0 bridgehead atoms. The van der Waals surface area contributed by atoms with Gasteiger partial charge in [0.25, 0.3) is 0 Å². The molecule has 4 heteroatoms. The molecule has 0 unspecified atom stereocenters. The van der Waals surface area contributed by atoms with Crippen LogP contribution < -0.4 is 0 Å². The Kier molecular flexibility index (Phi) is 9.59. The summed E-state index contributed by atoms with van der Waals surface area (Å²) in [5, 5.41) is 0. The number of hydrogen-bond acceptors (Lipinski definition) is 3. The minimum atomic E-state index is -0.0951. The van der Waals surface area contributed by atoms with Crippen molar-refractivity contribution in [1.29, 1.82) is 0 Å². The molecule has 0 atom stereocenters. The molecule has 2 nitrogen and oxygen atoms in total. The van der Waals surface area contributed by atoms with Crippen molar-refractivity contribution >= 4 is 40.3 Å². The van der Waals surface area contributed by atoms with E-state index in [-0.39, 0.29) is 5.54 Å². The van der Waals surface area contributed by atoms with E-state index in [0.717, 1.165) is 12.3 Å². The van der Waals surface area contributed by atoms with Crippen molar-refractivity contribution in [1.82, 2.24) is 0 Å². The number of thioether (sulfide) groups is 1. The number of nitrogens with zero attached hydrogens (tertiary/aromatic N) is 1. The van der Waals surface area contributed by atoms with Crippen LogP contribution >= 0.6 is 34.4 Å². The first-order valence-corrected chi connectivity index (χ1v) is 11.7. The third kappa shape index (κ3) is 6.65. The Balaban J connectivity index is 0.00000127. The number of aliphatic imine (C=N–C) groups is 1. The van der Waals surface area contributed by atoms with Crippen LogP contribution in [0.15, 0.2) is 28.1 Å². The second-order valence-corrected chi connectivity index (χ2v) is 7.21. The van der Waals surface area contributed by atoms with Crippen molar-refractivity contribution in [2.45, 2.75) is 63.3 Å². The van der Waals surface area contributed by atoms with Crippen LogP contribution in [-0.2, 0) is 11.2 Å². The van der Waals surface area contributed by atoms with Crippen molar-refractivity contribution in [3.63, 3.8) is 0 Å². The van der Waals surface area contributed by atoms with Gasteiger partial charge in [0, 0.05) is 4.90 Å². The molecular weight excluding hydrogens is 417 g/mol. The smallest absolute Gasteiger partial charge is 0.217 e. The maximum absolute atomic E-state index is 5.83. The van der Waals surface area contributed by atoms with Crippen LogP contribution in [0.4, 0.5) is 0 Å². The zero-order valence-electron chi connectivity index (χ0n) is 15.1. The molecule has 1 aliphatic heterocycles. The van der Waals surface area contributed by atoms with Crippen LogP contribution in [0.3, 0.4) is 0 Å². The summed E-state index contributed by atoms with van der Waals surface area (Å²) < 4.78 is 5.83. The van der Waals surface area contributed by atoms with Gasteiger partial charge in [-0.15, -0.1) is 11.8 Å². The fraction of sp³-hybridized carbons (Fsp3) is 0.632. The minimum Gasteiger partial charge on any atom is -0.475 e. The molecule has 0 fully saturated rings. The third-order valence-corrected chi connectivity index (χ3v) is 4.58. The predicted molar refractivity (Wildman–Crippen MR) is 113 cm³/mol. The summed E-state index contributed by atoms with van der Waals surface area (Å²) in [6, 6.07) is 6.74. The van der Waals surface area contributed by atoms with Gasteiger partial charge in [0.15, 0.2) is 0 Å². The molecule has 0 saturated heterocycles. The average molecular weight is 447 g/mol. The SMILES string of the molecule is CCCCCCc1ccc(SC)c(C2=NC(C)(C)CO2)c1.CI. The van der Waals surface area contributed by atoms with Gasteiger partial charge in [0.2, 0.25) is 5.90 Å². The lowest BCUT2D eigenvalue weighted by Crippen LogP contribution is -2.17. The second-order valence-electron chi connectivity index (χ2n) is 6.36. The Labute approximate surface area is 160 Å². The highest BCUT2D eigenvalue weighted by Gasteiger charge is 2.28. The molecule has 1 aromatic rings. The normalized spacial score (nSPS) is 15.5. The minimum absolute atomic E-state index is 0.0951. The van der Waals surface area contributed by atoms with E-state index in [1.54, 1.807) is 11.8 Å². The van der Waals surface area contributed by atoms with Crippen LogP contribution in [0.2, 0.25) is 0 Å². The summed E-state index contributed by atoms with van der Waals surface area (Å²) in [5.74, 6) is 0.819. The van der Waals surface area contributed by atoms with Crippen LogP contribution in [0, 0.1) is 0 Å². The summed E-state index contributed by atoms with van der Waals surface area (Å²) in [6.45, 7) is 7.17. The number of hydrogen-bond donors (Lipinski definition) is 0. The summed E-state index contributed by atoms with van der Waals surface area (Å²) in [5.41, 5.74) is 2.47. The lowest BCUT2D eigenvalue weighted by molar-refractivity contribution is 0.279. The van der Waals surface area contributed by atoms with E-state index >= 15 is 0 Å². The largest absolute Gasteiger partial charge is 0.475 e. The van der Waals surface area contributed by atoms with E-state index < -0.39 is 0 Å². The molecule has 0 radical (unpaired) electrons. The highest BCUT2D eigenvalue weighted by atomic mass is 127. The van der Waals surface area contributed by atoms with Crippen molar-refractivity contribution < 1.29 is 4.74 Å². The van der Waals surface area contributed by atoms with Crippen molar-refractivity contribution in [2.75, 3.05) is 17.8 Å². The molecule has 1 aromatic carbocycles. The van der Waals surface area contributed by atoms with Crippen molar-refractivity contribution in [2.24, 2.45) is 4.99 Å². The fourth-order valence-corrected chi connectivity index (χ4v) is 3.13. The number of ether oxygens (including phenoxy) is 1. The first kappa shape index (κ1) is 20.8. The van der Waals surface area contributed by atoms with E-state index in [1.165, 1.54) is 41.7 Å². The van der Waals surface area contributed by atoms with E-state index in [0.29, 0.717) is 6.61 Å². The monoisotopic (exact) mass is 447 g/mol. The predicted octanol–water partition coefficient (Wildman–Crippen LogP) is 6.14. The standard InChI is InChI=1S/C18H27NOS.CH3I/c1-5-6-7-8-9-14-10-11-16(21-4)15(12-14)17-19-18(2,3)13-20-17;1-2/h10-12H,5-9,13H2,1-4H3;1H3. The number of rotatable bonds is 7. The highest BCUT2D eigenvalue weighted by molar-refractivity contribution is 14.1. The molecule has 0 N–H and O–H groups in total. The molecule has 0 amide bonds. The average Bonchev–Trinajstić information content (AvgIpc) is 2.93. The third-order valence-electron chi connectivity index (χ3n) is 3.78. The maximum Gasteiger partial charge on any atom is 0.217 e. The fourth-order valence-electron chi connectivity index (χ4n) is 2.56. The summed E-state index contributed by atoms with van der Waals surface area (Å²) in [4.78, 5) is 7.95. The lowest BCUT2D eigenvalue weighted by Gasteiger charge is -2.10. The van der Waals surface area contributed by atoms with Crippen LogP contribution in [0.1, 0.15) is 57.6 Å². The van der Waals surface area contributed by atoms with Gasteiger partial charge in [0.1, 0.15) is 6.61 Å². The molecular formula is C19H30INOS. The number of unbranched alkanes of at least 4 members (excludes halogenated alkanes) is 3. The zero-order chi connectivity index (χ0) is 17.3. The highest BCUT2D eigenvalue weighted by Crippen LogP contribution is 2.28. The lowest BCUT2D eigenvalue weighted by atomic mass is 10.0. The van der Waals surface area contributed by atoms with Gasteiger partial charge >= 0.3 is 0 Å². The van der Waals surface area contributed by atoms with Crippen LogP contribution in [0.25, 0.3) is 0 Å². The quantitative estimate of drug-likeness (QED) is 0.217. The second kappa shape index (κ2) is 10.6. The van der Waals surface area contributed by atoms with Crippen LogP contribution in [-0.4, -0.2) is 29.2 Å². The Hall–Kier alpha value is -0.230. The molecule has 23 heavy (non-hydrogen) atoms. The molecule has 0 aliphatic carbocycles. The van der Waals surface area contributed by atoms with Crippen molar-refractivity contribution in [3.05, 3.63) is 29.3 Å². The van der Waals surface area contributed by atoms with Gasteiger partial charge in [0.05, 0.1) is 11.1 Å². The Morgan fingerprint density at radius 3 is 2.52 bits per heavy atom. The number of halogens is 1. The Bertz CT molecular complexity index is 514. The molecule has 130 valence electrons. The Morgan fingerprint density at radius 2 is 1.96 bits per heavy atom. The van der Waals surface area contributed by atoms with Gasteiger partial charge in [-0.2, -0.15) is 0 Å². The van der Waals surface area contributed by atoms with Gasteiger partial charge in [-0.05, 0) is 55.6 Å². The maximum atomic E-state index is 5.83. The van der Waals surface area contributed by atoms with E-state index in [4.69, 9.17) is 9.73 Å². The van der Waals surface area contributed by atoms with Gasteiger partial charge < -0.3 is 4.74 Å². The molecule has 0 aromatic heterocycles. The molecule has 0 saturated carbocycles. The van der Waals surface area contributed by atoms with Crippen molar-refractivity contribution in [3.8, 4) is 0 Å².